The van der Waals surface area contributed by atoms with Crippen molar-refractivity contribution in [3.05, 3.63) is 49.2 Å². The van der Waals surface area contributed by atoms with Crippen molar-refractivity contribution < 1.29 is 19.8 Å². The zero-order valence-electron chi connectivity index (χ0n) is 18.9. The van der Waals surface area contributed by atoms with Crippen LogP contribution in [0.15, 0.2) is 24.3 Å². The van der Waals surface area contributed by atoms with Gasteiger partial charge in [0.1, 0.15) is 0 Å². The second kappa shape index (κ2) is 29.2. The van der Waals surface area contributed by atoms with Gasteiger partial charge in [-0.1, -0.05) is 110 Å². The van der Waals surface area contributed by atoms with Gasteiger partial charge in [-0.15, -0.1) is 0 Å². The maximum atomic E-state index is 10.3. The molecule has 0 unspecified atom stereocenters. The molecule has 0 amide bonds. The minimum absolute atomic E-state index is 0. The molecule has 0 bridgehead atoms. The van der Waals surface area contributed by atoms with E-state index in [2.05, 4.69) is 34.6 Å². The van der Waals surface area contributed by atoms with E-state index in [1.807, 2.05) is 0 Å². The number of unbranched alkanes of at least 4 members (excludes halogenated alkanes) is 6. The van der Waals surface area contributed by atoms with Crippen LogP contribution < -0.4 is 10.2 Å². The zero-order chi connectivity index (χ0) is 22.2. The number of aromatic carboxylic acids is 1. The van der Waals surface area contributed by atoms with Crippen LogP contribution in [0.2, 0.25) is 0 Å². The molecule has 1 rings (SSSR count). The SMILES string of the molecule is CCCCCCCC(=O)[O-].Cc1ccccc1C(=O)[O-].[CH2]CCC.[CH2]CCC.[Sn+2]. The molecule has 4 radical (unpaired) electrons. The third-order valence-electron chi connectivity index (χ3n) is 3.56. The smallest absolute Gasteiger partial charge is 0.550 e. The first kappa shape index (κ1) is 35.4. The van der Waals surface area contributed by atoms with Crippen LogP contribution in [-0.4, -0.2) is 35.8 Å². The Labute approximate surface area is 196 Å². The Balaban J connectivity index is -0.000000155. The molecule has 0 aromatic heterocycles. The Bertz CT molecular complexity index is 468. The number of rotatable bonds is 9. The summed E-state index contributed by atoms with van der Waals surface area (Å²) in [6, 6.07) is 6.75. The molecule has 0 spiro atoms. The van der Waals surface area contributed by atoms with E-state index in [0.29, 0.717) is 0 Å². The van der Waals surface area contributed by atoms with Crippen LogP contribution >= 0.6 is 0 Å². The Morgan fingerprint density at radius 1 is 0.828 bits per heavy atom. The number of aliphatic carboxylic acids is 1. The Hall–Kier alpha value is -1.04. The van der Waals surface area contributed by atoms with Gasteiger partial charge in [0.05, 0.1) is 5.97 Å². The summed E-state index contributed by atoms with van der Waals surface area (Å²) in [6.45, 7) is 15.3. The molecule has 0 aliphatic heterocycles. The average Bonchev–Trinajstić information content (AvgIpc) is 2.68. The zero-order valence-corrected chi connectivity index (χ0v) is 21.8. The van der Waals surface area contributed by atoms with Crippen LogP contribution in [0.25, 0.3) is 0 Å². The quantitative estimate of drug-likeness (QED) is 0.366. The molecule has 1 aromatic carbocycles. The fourth-order valence-electron chi connectivity index (χ4n) is 1.67. The first-order chi connectivity index (χ1) is 13.3. The van der Waals surface area contributed by atoms with Crippen molar-refractivity contribution in [3.8, 4) is 0 Å². The van der Waals surface area contributed by atoms with E-state index in [1.165, 1.54) is 31.7 Å². The number of carbonyl (C=O) groups is 2. The van der Waals surface area contributed by atoms with Crippen LogP contribution in [0.4, 0.5) is 0 Å². The van der Waals surface area contributed by atoms with E-state index < -0.39 is 11.9 Å². The second-order valence-corrected chi connectivity index (χ2v) is 6.35. The molecule has 0 aliphatic carbocycles. The fraction of sp³-hybridized carbons (Fsp3) is 0.583. The molecule has 29 heavy (non-hydrogen) atoms. The Morgan fingerprint density at radius 2 is 1.28 bits per heavy atom. The molecule has 5 heteroatoms. The minimum atomic E-state index is -1.11. The van der Waals surface area contributed by atoms with Crippen molar-refractivity contribution in [2.24, 2.45) is 0 Å². The minimum Gasteiger partial charge on any atom is -0.550 e. The maximum Gasteiger partial charge on any atom is 2.00 e. The summed E-state index contributed by atoms with van der Waals surface area (Å²) in [4.78, 5) is 20.2. The van der Waals surface area contributed by atoms with E-state index in [1.54, 1.807) is 25.1 Å². The van der Waals surface area contributed by atoms with Gasteiger partial charge in [0.15, 0.2) is 0 Å². The Morgan fingerprint density at radius 3 is 1.59 bits per heavy atom. The number of hydrogen-bond acceptors (Lipinski definition) is 4. The standard InChI is InChI=1S/C8H8O2.C8H16O2.2C4H9.Sn/c1-6-4-2-3-5-7(6)8(9)10;1-2-3-4-5-6-7-8(9)10;2*1-3-4-2;/h2-5H,1H3,(H,9,10);2-7H2,1H3,(H,9,10);2*1,3-4H2,2H3;/q;;;;+2/p-2. The molecule has 0 heterocycles. The van der Waals surface area contributed by atoms with Crippen molar-refractivity contribution in [3.63, 3.8) is 0 Å². The molecule has 0 aliphatic rings. The van der Waals surface area contributed by atoms with E-state index in [9.17, 15) is 19.8 Å². The normalized spacial score (nSPS) is 8.62. The monoisotopic (exact) mass is 512 g/mol. The summed E-state index contributed by atoms with van der Waals surface area (Å²) in [7, 11) is 0. The summed E-state index contributed by atoms with van der Waals surface area (Å²) < 4.78 is 0. The number of carboxylic acid groups (broad SMARTS) is 2. The number of aryl methyl sites for hydroxylation is 1. The third kappa shape index (κ3) is 31.9. The summed E-state index contributed by atoms with van der Waals surface area (Å²) in [6.07, 6.45) is 10.2. The summed E-state index contributed by atoms with van der Waals surface area (Å²) in [5.41, 5.74) is 1.00. The largest absolute Gasteiger partial charge is 2.00 e. The fourth-order valence-corrected chi connectivity index (χ4v) is 1.67. The van der Waals surface area contributed by atoms with E-state index in [4.69, 9.17) is 0 Å². The van der Waals surface area contributed by atoms with Gasteiger partial charge in [-0.2, -0.15) is 0 Å². The van der Waals surface area contributed by atoms with Crippen molar-refractivity contribution in [2.45, 2.75) is 91.9 Å². The Kier molecular flexibility index (Phi) is 35.6. The van der Waals surface area contributed by atoms with E-state index >= 15 is 0 Å². The van der Waals surface area contributed by atoms with Gasteiger partial charge in [-0.05, 0) is 25.3 Å². The molecule has 0 fully saturated rings. The molecule has 1 aromatic rings. The van der Waals surface area contributed by atoms with Gasteiger partial charge in [-0.3, -0.25) is 0 Å². The molecular formula is C24H40O4Sn. The predicted octanol–water partition coefficient (Wildman–Crippen LogP) is 4.32. The van der Waals surface area contributed by atoms with Crippen LogP contribution in [0.1, 0.15) is 101 Å². The van der Waals surface area contributed by atoms with E-state index in [0.717, 1.165) is 37.7 Å². The predicted molar refractivity (Wildman–Crippen MR) is 120 cm³/mol. The topological polar surface area (TPSA) is 80.3 Å². The van der Waals surface area contributed by atoms with Gasteiger partial charge >= 0.3 is 23.9 Å². The summed E-state index contributed by atoms with van der Waals surface area (Å²) >= 11 is 0. The molecule has 0 saturated carbocycles. The van der Waals surface area contributed by atoms with Crippen molar-refractivity contribution in [1.29, 1.82) is 0 Å². The number of carboxylic acids is 2. The van der Waals surface area contributed by atoms with Gasteiger partial charge < -0.3 is 19.8 Å². The molecule has 0 saturated heterocycles. The first-order valence-corrected chi connectivity index (χ1v) is 10.4. The van der Waals surface area contributed by atoms with E-state index in [-0.39, 0.29) is 35.9 Å². The molecule has 0 atom stereocenters. The number of benzene rings is 1. The number of carbonyl (C=O) groups excluding carboxylic acids is 2. The summed E-state index contributed by atoms with van der Waals surface area (Å²) in [5, 5.41) is 20.2. The third-order valence-corrected chi connectivity index (χ3v) is 3.56. The first-order valence-electron chi connectivity index (χ1n) is 10.4. The maximum absolute atomic E-state index is 10.3. The molecular weight excluding hydrogens is 471 g/mol. The molecule has 164 valence electrons. The van der Waals surface area contributed by atoms with Crippen molar-refractivity contribution in [1.82, 2.24) is 0 Å². The summed E-state index contributed by atoms with van der Waals surface area (Å²) in [5.74, 6) is -2.03. The molecule has 0 N–H and O–H groups in total. The van der Waals surface area contributed by atoms with Gasteiger partial charge in [0.25, 0.3) is 0 Å². The van der Waals surface area contributed by atoms with Gasteiger partial charge in [0.2, 0.25) is 0 Å². The van der Waals surface area contributed by atoms with Crippen LogP contribution in [0.5, 0.6) is 0 Å². The van der Waals surface area contributed by atoms with Crippen molar-refractivity contribution >= 4 is 35.8 Å². The van der Waals surface area contributed by atoms with Gasteiger partial charge in [-0.25, -0.2) is 0 Å². The second-order valence-electron chi connectivity index (χ2n) is 6.35. The van der Waals surface area contributed by atoms with Crippen LogP contribution in [0.3, 0.4) is 0 Å². The molecule has 4 nitrogen and oxygen atoms in total. The van der Waals surface area contributed by atoms with Crippen LogP contribution in [0, 0.1) is 20.8 Å². The van der Waals surface area contributed by atoms with Crippen molar-refractivity contribution in [2.75, 3.05) is 0 Å². The number of hydrogen-bond donors (Lipinski definition) is 0. The average molecular weight is 511 g/mol. The van der Waals surface area contributed by atoms with Crippen LogP contribution in [-0.2, 0) is 4.79 Å². The van der Waals surface area contributed by atoms with Gasteiger partial charge in [0, 0.05) is 11.5 Å².